The Morgan fingerprint density at radius 2 is 2.15 bits per heavy atom. The molecule has 2 rings (SSSR count). The van der Waals surface area contributed by atoms with Gasteiger partial charge in [-0.15, -0.1) is 0 Å². The van der Waals surface area contributed by atoms with Gasteiger partial charge in [-0.05, 0) is 43.0 Å². The number of aliphatic hydroxyl groups excluding tert-OH is 1. The number of hydrogen-bond acceptors (Lipinski definition) is 3. The molecule has 0 aliphatic carbocycles. The Morgan fingerprint density at radius 1 is 1.40 bits per heavy atom. The molecule has 110 valence electrons. The molecular weight excluding hydrogens is 252 g/mol. The lowest BCUT2D eigenvalue weighted by atomic mass is 9.83. The normalized spacial score (nSPS) is 13.8. The summed E-state index contributed by atoms with van der Waals surface area (Å²) >= 11 is 0. The number of hydrogen-bond donors (Lipinski definition) is 3. The van der Waals surface area contributed by atoms with Crippen LogP contribution in [0.1, 0.15) is 42.6 Å². The van der Waals surface area contributed by atoms with Crippen molar-refractivity contribution in [3.8, 4) is 0 Å². The highest BCUT2D eigenvalue weighted by Gasteiger charge is 2.26. The molecule has 0 bridgehead atoms. The Hall–Kier alpha value is -1.55. The molecule has 0 radical (unpaired) electrons. The van der Waals surface area contributed by atoms with Crippen molar-refractivity contribution < 1.29 is 9.90 Å². The Balaban J connectivity index is 2.02. The first-order valence-electron chi connectivity index (χ1n) is 7.40. The van der Waals surface area contributed by atoms with E-state index in [4.69, 9.17) is 0 Å². The minimum absolute atomic E-state index is 0.0561. The van der Waals surface area contributed by atoms with Gasteiger partial charge < -0.3 is 15.7 Å². The van der Waals surface area contributed by atoms with Gasteiger partial charge in [0.2, 0.25) is 0 Å². The predicted octanol–water partition coefficient (Wildman–Crippen LogP) is 2.18. The summed E-state index contributed by atoms with van der Waals surface area (Å²) in [7, 11) is 0. The molecule has 1 amide bonds. The third-order valence-electron chi connectivity index (χ3n) is 4.54. The molecule has 4 heteroatoms. The van der Waals surface area contributed by atoms with Crippen LogP contribution in [0, 0.1) is 5.41 Å². The Morgan fingerprint density at radius 3 is 2.80 bits per heavy atom. The summed E-state index contributed by atoms with van der Waals surface area (Å²) in [5.41, 5.74) is 2.84. The first kappa shape index (κ1) is 14.9. The number of carbonyl (C=O) groups is 1. The van der Waals surface area contributed by atoms with Gasteiger partial charge in [0, 0.05) is 29.8 Å². The fourth-order valence-electron chi connectivity index (χ4n) is 2.60. The molecule has 0 aromatic heterocycles. The van der Waals surface area contributed by atoms with E-state index in [9.17, 15) is 9.90 Å². The molecular formula is C16H24N2O2. The minimum atomic E-state index is -0.200. The first-order chi connectivity index (χ1) is 9.64. The van der Waals surface area contributed by atoms with Gasteiger partial charge in [-0.3, -0.25) is 4.79 Å². The lowest BCUT2D eigenvalue weighted by Gasteiger charge is -2.29. The second-order valence-corrected chi connectivity index (χ2v) is 5.60. The zero-order valence-electron chi connectivity index (χ0n) is 12.3. The number of aliphatic hydroxyl groups is 1. The van der Waals surface area contributed by atoms with Crippen molar-refractivity contribution >= 4 is 11.6 Å². The molecule has 1 aromatic carbocycles. The lowest BCUT2D eigenvalue weighted by Crippen LogP contribution is -2.39. The molecule has 0 fully saturated rings. The van der Waals surface area contributed by atoms with Crippen LogP contribution in [-0.2, 0) is 6.42 Å². The van der Waals surface area contributed by atoms with Crippen LogP contribution in [0.3, 0.4) is 0 Å². The van der Waals surface area contributed by atoms with Gasteiger partial charge in [-0.25, -0.2) is 0 Å². The van der Waals surface area contributed by atoms with Gasteiger partial charge in [-0.2, -0.15) is 0 Å². The van der Waals surface area contributed by atoms with E-state index >= 15 is 0 Å². The maximum absolute atomic E-state index is 12.2. The Labute approximate surface area is 120 Å². The zero-order valence-corrected chi connectivity index (χ0v) is 12.3. The van der Waals surface area contributed by atoms with E-state index in [1.807, 2.05) is 32.0 Å². The standard InChI is InChI=1S/C16H24N2O2/c1-3-16(4-2,11-19)10-18-15(20)13-5-6-14-12(9-13)7-8-17-14/h5-6,9,17,19H,3-4,7-8,10-11H2,1-2H3,(H,18,20). The fraction of sp³-hybridized carbons (Fsp3) is 0.562. The highest BCUT2D eigenvalue weighted by atomic mass is 16.3. The molecule has 1 aliphatic heterocycles. The van der Waals surface area contributed by atoms with Gasteiger partial charge in [0.15, 0.2) is 0 Å². The van der Waals surface area contributed by atoms with E-state index in [0.717, 1.165) is 31.5 Å². The van der Waals surface area contributed by atoms with E-state index in [0.29, 0.717) is 12.1 Å². The van der Waals surface area contributed by atoms with Crippen molar-refractivity contribution in [1.29, 1.82) is 0 Å². The van der Waals surface area contributed by atoms with Gasteiger partial charge in [0.05, 0.1) is 6.61 Å². The van der Waals surface area contributed by atoms with E-state index in [2.05, 4.69) is 10.6 Å². The number of nitrogens with one attached hydrogen (secondary N) is 2. The van der Waals surface area contributed by atoms with E-state index in [1.165, 1.54) is 5.56 Å². The van der Waals surface area contributed by atoms with Crippen LogP contribution in [0.4, 0.5) is 5.69 Å². The van der Waals surface area contributed by atoms with Crippen LogP contribution in [0.5, 0.6) is 0 Å². The molecule has 0 saturated heterocycles. The lowest BCUT2D eigenvalue weighted by molar-refractivity contribution is 0.0851. The summed E-state index contributed by atoms with van der Waals surface area (Å²) in [5, 5.41) is 15.8. The van der Waals surface area contributed by atoms with Gasteiger partial charge in [-0.1, -0.05) is 13.8 Å². The molecule has 1 heterocycles. The number of carbonyl (C=O) groups excluding carboxylic acids is 1. The summed E-state index contributed by atoms with van der Waals surface area (Å²) in [4.78, 5) is 12.2. The van der Waals surface area contributed by atoms with Crippen molar-refractivity contribution in [2.45, 2.75) is 33.1 Å². The highest BCUT2D eigenvalue weighted by molar-refractivity contribution is 5.95. The second kappa shape index (κ2) is 6.27. The number of fused-ring (bicyclic) bond motifs is 1. The van der Waals surface area contributed by atoms with Crippen LogP contribution in [0.25, 0.3) is 0 Å². The maximum atomic E-state index is 12.2. The smallest absolute Gasteiger partial charge is 0.251 e. The Bertz CT molecular complexity index is 473. The largest absolute Gasteiger partial charge is 0.396 e. The van der Waals surface area contributed by atoms with Crippen LogP contribution in [0.15, 0.2) is 18.2 Å². The van der Waals surface area contributed by atoms with Crippen molar-refractivity contribution in [3.05, 3.63) is 29.3 Å². The first-order valence-corrected chi connectivity index (χ1v) is 7.40. The third-order valence-corrected chi connectivity index (χ3v) is 4.54. The average Bonchev–Trinajstić information content (AvgIpc) is 2.96. The van der Waals surface area contributed by atoms with Crippen LogP contribution in [0.2, 0.25) is 0 Å². The Kier molecular flexibility index (Phi) is 4.65. The molecule has 1 aromatic rings. The summed E-state index contributed by atoms with van der Waals surface area (Å²) in [6.07, 6.45) is 2.68. The van der Waals surface area contributed by atoms with E-state index in [-0.39, 0.29) is 17.9 Å². The van der Waals surface area contributed by atoms with Crippen molar-refractivity contribution in [1.82, 2.24) is 5.32 Å². The molecule has 4 nitrogen and oxygen atoms in total. The molecule has 0 saturated carbocycles. The highest BCUT2D eigenvalue weighted by Crippen LogP contribution is 2.25. The number of amides is 1. The number of benzene rings is 1. The van der Waals surface area contributed by atoms with Crippen LogP contribution < -0.4 is 10.6 Å². The van der Waals surface area contributed by atoms with Gasteiger partial charge >= 0.3 is 0 Å². The van der Waals surface area contributed by atoms with Crippen molar-refractivity contribution in [2.24, 2.45) is 5.41 Å². The van der Waals surface area contributed by atoms with E-state index < -0.39 is 0 Å². The summed E-state index contributed by atoms with van der Waals surface area (Å²) in [6.45, 7) is 5.67. The van der Waals surface area contributed by atoms with E-state index in [1.54, 1.807) is 0 Å². The molecule has 3 N–H and O–H groups in total. The molecule has 1 aliphatic rings. The van der Waals surface area contributed by atoms with Gasteiger partial charge in [0.25, 0.3) is 5.91 Å². The molecule has 0 spiro atoms. The molecule has 0 atom stereocenters. The molecule has 20 heavy (non-hydrogen) atoms. The summed E-state index contributed by atoms with van der Waals surface area (Å²) in [5.74, 6) is -0.0561. The quantitative estimate of drug-likeness (QED) is 0.746. The van der Waals surface area contributed by atoms with Crippen molar-refractivity contribution in [3.63, 3.8) is 0 Å². The number of rotatable bonds is 6. The summed E-state index contributed by atoms with van der Waals surface area (Å²) in [6, 6.07) is 5.78. The fourth-order valence-corrected chi connectivity index (χ4v) is 2.60. The monoisotopic (exact) mass is 276 g/mol. The average molecular weight is 276 g/mol. The van der Waals surface area contributed by atoms with Crippen molar-refractivity contribution in [2.75, 3.05) is 25.0 Å². The second-order valence-electron chi connectivity index (χ2n) is 5.60. The number of anilines is 1. The third kappa shape index (κ3) is 2.96. The predicted molar refractivity (Wildman–Crippen MR) is 81.1 cm³/mol. The van der Waals surface area contributed by atoms with Gasteiger partial charge in [0.1, 0.15) is 0 Å². The van der Waals surface area contributed by atoms with Crippen LogP contribution >= 0.6 is 0 Å². The minimum Gasteiger partial charge on any atom is -0.396 e. The zero-order chi connectivity index (χ0) is 14.6. The summed E-state index contributed by atoms with van der Waals surface area (Å²) < 4.78 is 0. The van der Waals surface area contributed by atoms with Crippen LogP contribution in [-0.4, -0.2) is 30.7 Å². The SMILES string of the molecule is CCC(CC)(CO)CNC(=O)c1ccc2c(c1)CCN2. The topological polar surface area (TPSA) is 61.4 Å². The maximum Gasteiger partial charge on any atom is 0.251 e. The molecule has 0 unspecified atom stereocenters.